The van der Waals surface area contributed by atoms with Crippen LogP contribution in [0.25, 0.3) is 0 Å². The highest BCUT2D eigenvalue weighted by Gasteiger charge is 2.25. The lowest BCUT2D eigenvalue weighted by atomic mass is 10.0. The Bertz CT molecular complexity index is 848. The minimum atomic E-state index is -3.78. The zero-order valence-electron chi connectivity index (χ0n) is 17.9. The molecule has 0 radical (unpaired) electrons. The van der Waals surface area contributed by atoms with E-state index in [1.165, 1.54) is 32.4 Å². The fourth-order valence-electron chi connectivity index (χ4n) is 3.28. The third-order valence-electron chi connectivity index (χ3n) is 4.98. The molecule has 0 unspecified atom stereocenters. The lowest BCUT2D eigenvalue weighted by Gasteiger charge is -2.33. The minimum absolute atomic E-state index is 0.00355. The lowest BCUT2D eigenvalue weighted by Crippen LogP contribution is -2.47. The van der Waals surface area contributed by atoms with Gasteiger partial charge in [-0.1, -0.05) is 13.8 Å². The van der Waals surface area contributed by atoms with Gasteiger partial charge in [0.15, 0.2) is 11.5 Å². The molecule has 0 spiro atoms. The number of carbonyl (C=O) groups excluding carboxylic acids is 2. The number of hydrogen-bond donors (Lipinski definition) is 2. The fourth-order valence-corrected chi connectivity index (χ4v) is 4.32. The average Bonchev–Trinajstić information content (AvgIpc) is 2.72. The Morgan fingerprint density at radius 3 is 2.33 bits per heavy atom. The van der Waals surface area contributed by atoms with Crippen molar-refractivity contribution in [2.24, 2.45) is 5.92 Å². The van der Waals surface area contributed by atoms with Crippen LogP contribution in [0.3, 0.4) is 0 Å². The highest BCUT2D eigenvalue weighted by molar-refractivity contribution is 7.89. The predicted octanol–water partition coefficient (Wildman–Crippen LogP) is 1.14. The van der Waals surface area contributed by atoms with E-state index >= 15 is 0 Å². The summed E-state index contributed by atoms with van der Waals surface area (Å²) in [5, 5.41) is 2.92. The summed E-state index contributed by atoms with van der Waals surface area (Å²) < 4.78 is 37.6. The SMILES string of the molecule is COc1ccc(S(=O)(=O)NCCC(=O)NC2CCN(C(=O)C(C)C)CC2)cc1OC. The van der Waals surface area contributed by atoms with Gasteiger partial charge in [0.05, 0.1) is 19.1 Å². The van der Waals surface area contributed by atoms with Crippen molar-refractivity contribution in [1.29, 1.82) is 0 Å². The van der Waals surface area contributed by atoms with E-state index in [-0.39, 0.29) is 41.6 Å². The minimum Gasteiger partial charge on any atom is -0.493 e. The van der Waals surface area contributed by atoms with Crippen LogP contribution in [0.15, 0.2) is 23.1 Å². The molecule has 10 heteroatoms. The Morgan fingerprint density at radius 2 is 1.77 bits per heavy atom. The Balaban J connectivity index is 1.80. The van der Waals surface area contributed by atoms with Crippen LogP contribution in [0.5, 0.6) is 11.5 Å². The van der Waals surface area contributed by atoms with Crippen LogP contribution in [0, 0.1) is 5.92 Å². The molecule has 1 aromatic carbocycles. The standard InChI is InChI=1S/C20H31N3O6S/c1-14(2)20(25)23-11-8-15(9-12-23)22-19(24)7-10-21-30(26,27)16-5-6-17(28-3)18(13-16)29-4/h5-6,13-15,21H,7-12H2,1-4H3,(H,22,24). The van der Waals surface area contributed by atoms with E-state index in [0.29, 0.717) is 37.4 Å². The van der Waals surface area contributed by atoms with Crippen LogP contribution >= 0.6 is 0 Å². The normalized spacial score (nSPS) is 15.2. The van der Waals surface area contributed by atoms with Crippen molar-refractivity contribution >= 4 is 21.8 Å². The maximum atomic E-state index is 12.4. The van der Waals surface area contributed by atoms with E-state index in [9.17, 15) is 18.0 Å². The van der Waals surface area contributed by atoms with Crippen LogP contribution in [0.4, 0.5) is 0 Å². The monoisotopic (exact) mass is 441 g/mol. The van der Waals surface area contributed by atoms with Crippen molar-refractivity contribution in [3.8, 4) is 11.5 Å². The van der Waals surface area contributed by atoms with Crippen molar-refractivity contribution in [3.05, 3.63) is 18.2 Å². The van der Waals surface area contributed by atoms with Gasteiger partial charge in [0, 0.05) is 44.1 Å². The summed E-state index contributed by atoms with van der Waals surface area (Å²) in [5.74, 6) is 0.607. The summed E-state index contributed by atoms with van der Waals surface area (Å²) in [5.41, 5.74) is 0. The van der Waals surface area contributed by atoms with Gasteiger partial charge in [0.25, 0.3) is 0 Å². The second-order valence-electron chi connectivity index (χ2n) is 7.49. The van der Waals surface area contributed by atoms with Crippen molar-refractivity contribution in [3.63, 3.8) is 0 Å². The quantitative estimate of drug-likeness (QED) is 0.594. The smallest absolute Gasteiger partial charge is 0.240 e. The van der Waals surface area contributed by atoms with Crippen molar-refractivity contribution in [2.45, 2.75) is 44.0 Å². The Morgan fingerprint density at radius 1 is 1.13 bits per heavy atom. The molecule has 0 saturated carbocycles. The van der Waals surface area contributed by atoms with Crippen molar-refractivity contribution < 1.29 is 27.5 Å². The van der Waals surface area contributed by atoms with E-state index in [1.54, 1.807) is 0 Å². The van der Waals surface area contributed by atoms with Crippen LogP contribution in [-0.4, -0.2) is 65.0 Å². The average molecular weight is 442 g/mol. The van der Waals surface area contributed by atoms with E-state index < -0.39 is 10.0 Å². The van der Waals surface area contributed by atoms with Gasteiger partial charge in [0.2, 0.25) is 21.8 Å². The van der Waals surface area contributed by atoms with Crippen LogP contribution < -0.4 is 19.5 Å². The summed E-state index contributed by atoms with van der Waals surface area (Å²) in [4.78, 5) is 26.0. The second-order valence-corrected chi connectivity index (χ2v) is 9.25. The van der Waals surface area contributed by atoms with Crippen LogP contribution in [0.1, 0.15) is 33.1 Å². The molecule has 0 aliphatic carbocycles. The number of piperidine rings is 1. The lowest BCUT2D eigenvalue weighted by molar-refractivity contribution is -0.135. The van der Waals surface area contributed by atoms with Crippen molar-refractivity contribution in [2.75, 3.05) is 33.9 Å². The molecule has 0 atom stereocenters. The first-order valence-corrected chi connectivity index (χ1v) is 11.5. The molecular weight excluding hydrogens is 410 g/mol. The Hall–Kier alpha value is -2.33. The fraction of sp³-hybridized carbons (Fsp3) is 0.600. The first-order valence-electron chi connectivity index (χ1n) is 9.97. The number of ether oxygens (including phenoxy) is 2. The van der Waals surface area contributed by atoms with E-state index in [2.05, 4.69) is 10.0 Å². The largest absolute Gasteiger partial charge is 0.493 e. The maximum Gasteiger partial charge on any atom is 0.240 e. The van der Waals surface area contributed by atoms with Crippen LogP contribution in [-0.2, 0) is 19.6 Å². The van der Waals surface area contributed by atoms with Crippen molar-refractivity contribution in [1.82, 2.24) is 14.9 Å². The van der Waals surface area contributed by atoms with Gasteiger partial charge in [-0.05, 0) is 25.0 Å². The van der Waals surface area contributed by atoms with Gasteiger partial charge >= 0.3 is 0 Å². The molecule has 2 rings (SSSR count). The number of nitrogens with one attached hydrogen (secondary N) is 2. The predicted molar refractivity (Wildman–Crippen MR) is 112 cm³/mol. The number of rotatable bonds is 9. The third kappa shape index (κ3) is 6.33. The molecule has 0 bridgehead atoms. The number of methoxy groups -OCH3 is 2. The molecule has 1 aromatic rings. The summed E-state index contributed by atoms with van der Waals surface area (Å²) in [6.45, 7) is 4.97. The molecule has 1 saturated heterocycles. The number of likely N-dealkylation sites (tertiary alicyclic amines) is 1. The zero-order valence-corrected chi connectivity index (χ0v) is 18.8. The first-order chi connectivity index (χ1) is 14.2. The van der Waals surface area contributed by atoms with Gasteiger partial charge in [-0.25, -0.2) is 13.1 Å². The molecular formula is C20H31N3O6S. The molecule has 2 amide bonds. The molecule has 1 aliphatic rings. The number of carbonyl (C=O) groups is 2. The van der Waals surface area contributed by atoms with Gasteiger partial charge in [-0.15, -0.1) is 0 Å². The Kier molecular flexibility index (Phi) is 8.48. The highest BCUT2D eigenvalue weighted by atomic mass is 32.2. The van der Waals surface area contributed by atoms with E-state index in [1.807, 2.05) is 18.7 Å². The highest BCUT2D eigenvalue weighted by Crippen LogP contribution is 2.29. The second kappa shape index (κ2) is 10.6. The van der Waals surface area contributed by atoms with E-state index in [0.717, 1.165) is 0 Å². The number of sulfonamides is 1. The number of nitrogens with zero attached hydrogens (tertiary/aromatic N) is 1. The summed E-state index contributed by atoms with van der Waals surface area (Å²) in [6, 6.07) is 4.29. The number of amides is 2. The number of benzene rings is 1. The van der Waals surface area contributed by atoms with E-state index in [4.69, 9.17) is 9.47 Å². The molecule has 2 N–H and O–H groups in total. The summed E-state index contributed by atoms with van der Waals surface area (Å²) in [7, 11) is -0.888. The van der Waals surface area contributed by atoms with Gasteiger partial charge < -0.3 is 19.7 Å². The van der Waals surface area contributed by atoms with Gasteiger partial charge in [0.1, 0.15) is 0 Å². The molecule has 1 fully saturated rings. The van der Waals surface area contributed by atoms with Gasteiger partial charge in [-0.3, -0.25) is 9.59 Å². The topological polar surface area (TPSA) is 114 Å². The van der Waals surface area contributed by atoms with Crippen LogP contribution in [0.2, 0.25) is 0 Å². The summed E-state index contributed by atoms with van der Waals surface area (Å²) >= 11 is 0. The molecule has 1 heterocycles. The first kappa shape index (κ1) is 23.9. The molecule has 30 heavy (non-hydrogen) atoms. The molecule has 1 aliphatic heterocycles. The zero-order chi connectivity index (χ0) is 22.3. The Labute approximate surface area is 178 Å². The summed E-state index contributed by atoms with van der Waals surface area (Å²) in [6.07, 6.45) is 1.42. The number of hydrogen-bond acceptors (Lipinski definition) is 6. The molecule has 0 aromatic heterocycles. The molecule has 168 valence electrons. The maximum absolute atomic E-state index is 12.4. The third-order valence-corrected chi connectivity index (χ3v) is 6.43. The molecule has 9 nitrogen and oxygen atoms in total. The van der Waals surface area contributed by atoms with Gasteiger partial charge in [-0.2, -0.15) is 0 Å².